The second-order valence-corrected chi connectivity index (χ2v) is 14.7. The van der Waals surface area contributed by atoms with Crippen molar-refractivity contribution >= 4 is 28.8 Å². The first-order chi connectivity index (χ1) is 20.5. The van der Waals surface area contributed by atoms with Crippen LogP contribution in [0.2, 0.25) is 0 Å². The van der Waals surface area contributed by atoms with Gasteiger partial charge in [-0.3, -0.25) is 0 Å². The summed E-state index contributed by atoms with van der Waals surface area (Å²) in [6, 6.07) is 12.3. The zero-order valence-electron chi connectivity index (χ0n) is 29.5. The van der Waals surface area contributed by atoms with Gasteiger partial charge in [-0.2, -0.15) is 27.4 Å². The summed E-state index contributed by atoms with van der Waals surface area (Å²) in [7, 11) is 6.87. The molecule has 0 N–H and O–H groups in total. The van der Waals surface area contributed by atoms with Crippen LogP contribution in [0.25, 0.3) is 0 Å². The molecule has 0 radical (unpaired) electrons. The number of hydrogen-bond acceptors (Lipinski definition) is 6. The molecule has 4 aromatic rings. The Labute approximate surface area is 315 Å². The van der Waals surface area contributed by atoms with Gasteiger partial charge in [-0.1, -0.05) is 27.7 Å². The molecule has 4 aromatic carbocycles. The van der Waals surface area contributed by atoms with E-state index in [2.05, 4.69) is 66.7 Å². The summed E-state index contributed by atoms with van der Waals surface area (Å²) in [5, 5.41) is 4.65. The molecule has 47 heavy (non-hydrogen) atoms. The van der Waals surface area contributed by atoms with Gasteiger partial charge in [0.1, 0.15) is 34.5 Å². The SMILES string of the molecule is COc1cc(C)c([Si](c2c(C)cc(OC)cc2OC)(c2c(C)cc(OC)cc2OC)c2c(C)c(C)c(C)[c-]2C)c(OC)c1.[Cl-].[Cl-].[Cl-].[Ti+4]. The van der Waals surface area contributed by atoms with E-state index >= 15 is 0 Å². The number of rotatable bonds is 10. The van der Waals surface area contributed by atoms with Crippen molar-refractivity contribution in [2.45, 2.75) is 48.5 Å². The van der Waals surface area contributed by atoms with Crippen LogP contribution in [0.3, 0.4) is 0 Å². The summed E-state index contributed by atoms with van der Waals surface area (Å²) in [5.41, 5.74) is 8.27. The average Bonchev–Trinajstić information content (AvgIpc) is 3.20. The molecule has 0 aliphatic heterocycles. The molecule has 11 heteroatoms. The van der Waals surface area contributed by atoms with E-state index in [-0.39, 0.29) is 58.9 Å². The minimum absolute atomic E-state index is 0. The third kappa shape index (κ3) is 7.31. The van der Waals surface area contributed by atoms with E-state index in [0.29, 0.717) is 0 Å². The van der Waals surface area contributed by atoms with Crippen LogP contribution < -0.4 is 86.4 Å². The third-order valence-electron chi connectivity index (χ3n) is 9.12. The van der Waals surface area contributed by atoms with Crippen LogP contribution in [-0.2, 0) is 21.7 Å². The Balaban J connectivity index is 0.00000529. The molecule has 0 atom stereocenters. The molecule has 0 bridgehead atoms. The topological polar surface area (TPSA) is 55.4 Å². The quantitative estimate of drug-likeness (QED) is 0.0937. The number of halogens is 3. The monoisotopic (exact) mass is 754 g/mol. The van der Waals surface area contributed by atoms with Gasteiger partial charge in [0, 0.05) is 18.2 Å². The Morgan fingerprint density at radius 2 is 0.766 bits per heavy atom. The summed E-state index contributed by atoms with van der Waals surface area (Å²) >= 11 is 0. The van der Waals surface area contributed by atoms with Crippen LogP contribution in [0.5, 0.6) is 34.5 Å². The zero-order chi connectivity index (χ0) is 31.8. The number of benzene rings is 3. The van der Waals surface area contributed by atoms with Gasteiger partial charge < -0.3 is 65.6 Å². The van der Waals surface area contributed by atoms with Gasteiger partial charge >= 0.3 is 21.7 Å². The first kappa shape index (κ1) is 44.6. The van der Waals surface area contributed by atoms with E-state index in [1.807, 2.05) is 18.2 Å². The van der Waals surface area contributed by atoms with Gasteiger partial charge in [-0.15, -0.1) is 0 Å². The van der Waals surface area contributed by atoms with Crippen molar-refractivity contribution in [1.29, 1.82) is 0 Å². The molecule has 0 heterocycles. The van der Waals surface area contributed by atoms with Gasteiger partial charge in [0.25, 0.3) is 0 Å². The van der Waals surface area contributed by atoms with Crippen LogP contribution in [-0.4, -0.2) is 50.7 Å². The summed E-state index contributed by atoms with van der Waals surface area (Å²) in [6.45, 7) is 15.4. The standard InChI is InChI=1S/C36H45O6Si.3ClH.Ti/c1-20-14-27(37-8)17-30(40-11)33(20)43(36-25(6)23(4)24(5)26(36)7,34-21(2)15-28(38-9)18-31(34)41-12)35-22(3)16-29(39-10)19-32(35)42-13;;;;/h14-19H,1-13H3;3*1H;/q-1;;;;+4/p-3. The fourth-order valence-corrected chi connectivity index (χ4v) is 13.6. The van der Waals surface area contributed by atoms with Crippen molar-refractivity contribution in [2.75, 3.05) is 42.7 Å². The Hall–Kier alpha value is -2.39. The molecule has 254 valence electrons. The molecule has 0 fully saturated rings. The first-order valence-corrected chi connectivity index (χ1v) is 16.4. The van der Waals surface area contributed by atoms with E-state index in [4.69, 9.17) is 28.4 Å². The minimum Gasteiger partial charge on any atom is -1.00 e. The smallest absolute Gasteiger partial charge is 1.00 e. The molecule has 0 saturated heterocycles. The van der Waals surface area contributed by atoms with Crippen molar-refractivity contribution in [2.24, 2.45) is 0 Å². The third-order valence-corrected chi connectivity index (χ3v) is 14.8. The maximum absolute atomic E-state index is 6.30. The van der Waals surface area contributed by atoms with Gasteiger partial charge in [0.2, 0.25) is 0 Å². The van der Waals surface area contributed by atoms with Crippen molar-refractivity contribution in [3.05, 3.63) is 75.3 Å². The van der Waals surface area contributed by atoms with Crippen molar-refractivity contribution in [3.63, 3.8) is 0 Å². The van der Waals surface area contributed by atoms with Crippen molar-refractivity contribution < 1.29 is 87.4 Å². The molecular weight excluding hydrogens is 711 g/mol. The fourth-order valence-electron chi connectivity index (χ4n) is 6.98. The maximum Gasteiger partial charge on any atom is 4.00 e. The van der Waals surface area contributed by atoms with E-state index in [0.717, 1.165) is 66.7 Å². The van der Waals surface area contributed by atoms with Gasteiger partial charge in [-0.05, 0) is 71.2 Å². The maximum atomic E-state index is 6.30. The second-order valence-electron chi connectivity index (χ2n) is 11.2. The molecule has 0 spiro atoms. The molecule has 6 nitrogen and oxygen atoms in total. The summed E-state index contributed by atoms with van der Waals surface area (Å²) in [6.07, 6.45) is 0. The molecule has 0 aliphatic carbocycles. The number of ether oxygens (including phenoxy) is 6. The van der Waals surface area contributed by atoms with Crippen molar-refractivity contribution in [1.82, 2.24) is 0 Å². The number of hydrogen-bond donors (Lipinski definition) is 0. The zero-order valence-corrected chi connectivity index (χ0v) is 34.4. The van der Waals surface area contributed by atoms with Gasteiger partial charge in [0.15, 0.2) is 8.07 Å². The largest absolute Gasteiger partial charge is 4.00 e. The summed E-state index contributed by atoms with van der Waals surface area (Å²) in [5.74, 6) is 4.48. The Morgan fingerprint density at radius 3 is 0.979 bits per heavy atom. The minimum atomic E-state index is -3.38. The van der Waals surface area contributed by atoms with Crippen LogP contribution in [0.15, 0.2) is 36.4 Å². The molecule has 0 unspecified atom stereocenters. The van der Waals surface area contributed by atoms with Crippen LogP contribution in [0.4, 0.5) is 0 Å². The van der Waals surface area contributed by atoms with Gasteiger partial charge in [-0.25, -0.2) is 0 Å². The first-order valence-electron chi connectivity index (χ1n) is 14.4. The van der Waals surface area contributed by atoms with E-state index in [1.54, 1.807) is 42.7 Å². The van der Waals surface area contributed by atoms with E-state index in [1.165, 1.54) is 27.4 Å². The predicted octanol–water partition coefficient (Wildman–Crippen LogP) is -4.00. The van der Waals surface area contributed by atoms with E-state index < -0.39 is 8.07 Å². The molecule has 0 saturated carbocycles. The predicted molar refractivity (Wildman–Crippen MR) is 178 cm³/mol. The summed E-state index contributed by atoms with van der Waals surface area (Å²) in [4.78, 5) is 0. The molecule has 4 rings (SSSR count). The van der Waals surface area contributed by atoms with Gasteiger partial charge in [0.05, 0.1) is 42.7 Å². The van der Waals surface area contributed by atoms with Crippen LogP contribution in [0.1, 0.15) is 38.9 Å². The average molecular weight is 756 g/mol. The Morgan fingerprint density at radius 1 is 0.468 bits per heavy atom. The molecule has 0 amide bonds. The second kappa shape index (κ2) is 17.8. The van der Waals surface area contributed by atoms with Crippen LogP contribution in [0, 0.1) is 48.5 Å². The summed E-state index contributed by atoms with van der Waals surface area (Å²) < 4.78 is 36.1. The molecule has 0 aromatic heterocycles. The molecule has 0 aliphatic rings. The normalized spacial score (nSPS) is 10.4. The fraction of sp³-hybridized carbons (Fsp3) is 0.361. The van der Waals surface area contributed by atoms with Crippen molar-refractivity contribution in [3.8, 4) is 34.5 Å². The molecular formula is C36H45Cl3O6SiTi. The Bertz CT molecular complexity index is 1510. The number of methoxy groups -OCH3 is 6. The van der Waals surface area contributed by atoms with Crippen LogP contribution >= 0.6 is 0 Å². The Kier molecular flexibility index (Phi) is 16.9. The number of aryl methyl sites for hydroxylation is 3. The van der Waals surface area contributed by atoms with E-state index in [9.17, 15) is 0 Å².